The van der Waals surface area contributed by atoms with Gasteiger partial charge in [-0.1, -0.05) is 59.8 Å². The molecule has 172 valence electrons. The van der Waals surface area contributed by atoms with Gasteiger partial charge in [0.05, 0.1) is 6.04 Å². The molecule has 1 aliphatic rings. The molecule has 1 amide bonds. The van der Waals surface area contributed by atoms with Gasteiger partial charge in [-0.15, -0.1) is 10.2 Å². The van der Waals surface area contributed by atoms with Crippen molar-refractivity contribution in [1.82, 2.24) is 14.9 Å². The number of aryl methyl sites for hydroxylation is 1. The first-order valence-corrected chi connectivity index (χ1v) is 11.6. The Kier molecular flexibility index (Phi) is 6.18. The van der Waals surface area contributed by atoms with Crippen LogP contribution in [0, 0.1) is 12.7 Å². The number of amides is 1. The number of fused-ring (bicyclic) bond motifs is 1. The zero-order valence-electron chi connectivity index (χ0n) is 18.3. The molecule has 0 saturated carbocycles. The summed E-state index contributed by atoms with van der Waals surface area (Å²) in [5, 5.41) is 11.5. The van der Waals surface area contributed by atoms with E-state index in [0.717, 1.165) is 11.1 Å². The maximum atomic E-state index is 13.6. The van der Waals surface area contributed by atoms with Gasteiger partial charge in [0.1, 0.15) is 23.4 Å². The minimum absolute atomic E-state index is 0.188. The second-order valence-electron chi connectivity index (χ2n) is 7.89. The smallest absolute Gasteiger partial charge is 0.240 e. The second kappa shape index (κ2) is 9.56. The number of hydrogen-bond donors (Lipinski definition) is 2. The van der Waals surface area contributed by atoms with E-state index in [1.54, 1.807) is 16.8 Å². The Balaban J connectivity index is 1.41. The molecule has 0 spiro atoms. The molecule has 3 aromatic carbocycles. The molecule has 0 bridgehead atoms. The lowest BCUT2D eigenvalue weighted by Crippen LogP contribution is -2.41. The minimum Gasteiger partial charge on any atom is -0.486 e. The average Bonchev–Trinajstić information content (AvgIpc) is 3.26. The molecule has 0 fully saturated rings. The molecule has 0 radical (unpaired) electrons. The molecule has 34 heavy (non-hydrogen) atoms. The third-order valence-electron chi connectivity index (χ3n) is 5.42. The summed E-state index contributed by atoms with van der Waals surface area (Å²) >= 11 is 1.30. The van der Waals surface area contributed by atoms with Crippen molar-refractivity contribution in [1.29, 1.82) is 0 Å². The van der Waals surface area contributed by atoms with E-state index < -0.39 is 11.3 Å². The number of nitrogens with zero attached hydrogens (tertiary/aromatic N) is 3. The molecule has 0 aliphatic carbocycles. The summed E-state index contributed by atoms with van der Waals surface area (Å²) in [5.74, 6) is 0.756. The van der Waals surface area contributed by atoms with Crippen LogP contribution in [0.2, 0.25) is 0 Å². The third-order valence-corrected chi connectivity index (χ3v) is 6.64. The van der Waals surface area contributed by atoms with Crippen LogP contribution in [0.3, 0.4) is 0 Å². The number of hydrogen-bond acceptors (Lipinski definition) is 6. The number of anilines is 1. The van der Waals surface area contributed by atoms with Crippen LogP contribution in [0.1, 0.15) is 23.0 Å². The molecular formula is C25H22FN5O2S. The molecule has 9 heteroatoms. The molecule has 2 N–H and O–H groups in total. The molecule has 2 heterocycles. The van der Waals surface area contributed by atoms with Crippen molar-refractivity contribution in [3.8, 4) is 5.75 Å². The number of carbonyl (C=O) groups excluding carboxylic acids is 1. The van der Waals surface area contributed by atoms with Crippen LogP contribution in [-0.2, 0) is 11.4 Å². The van der Waals surface area contributed by atoms with E-state index in [1.165, 1.54) is 23.9 Å². The lowest BCUT2D eigenvalue weighted by molar-refractivity contribution is -0.116. The Labute approximate surface area is 200 Å². The number of thioether (sulfide) groups is 1. The summed E-state index contributed by atoms with van der Waals surface area (Å²) in [6, 6.07) is 22.7. The molecule has 0 saturated heterocycles. The lowest BCUT2D eigenvalue weighted by Gasteiger charge is -2.33. The summed E-state index contributed by atoms with van der Waals surface area (Å²) in [7, 11) is 0. The maximum Gasteiger partial charge on any atom is 0.240 e. The maximum absolute atomic E-state index is 13.6. The summed E-state index contributed by atoms with van der Waals surface area (Å²) in [4.78, 5) is 13.3. The van der Waals surface area contributed by atoms with E-state index in [4.69, 9.17) is 4.74 Å². The largest absolute Gasteiger partial charge is 0.486 e. The number of benzene rings is 3. The standard InChI is InChI=1S/C25H22FN5O2S/c1-16-7-13-19(14-8-16)27-24(32)23-22(17-9-11-18(26)12-10-17)30-31-21(28-29-25(31)34-23)15-33-20-5-3-2-4-6-20/h2-14,22-23,30H,15H2,1H3,(H,27,32)/t22-,23+/m1/s1. The quantitative estimate of drug-likeness (QED) is 0.421. The molecule has 7 nitrogen and oxygen atoms in total. The molecule has 1 aromatic heterocycles. The van der Waals surface area contributed by atoms with Crippen LogP contribution in [-0.4, -0.2) is 26.0 Å². The molecule has 4 aromatic rings. The highest BCUT2D eigenvalue weighted by Crippen LogP contribution is 2.37. The Morgan fingerprint density at radius 2 is 1.79 bits per heavy atom. The molecule has 2 atom stereocenters. The van der Waals surface area contributed by atoms with Crippen LogP contribution in [0.4, 0.5) is 10.1 Å². The molecule has 0 unspecified atom stereocenters. The minimum atomic E-state index is -0.564. The zero-order valence-corrected chi connectivity index (χ0v) is 19.1. The van der Waals surface area contributed by atoms with Gasteiger partial charge in [0.2, 0.25) is 11.1 Å². The number of carbonyl (C=O) groups is 1. The van der Waals surface area contributed by atoms with E-state index in [9.17, 15) is 9.18 Å². The first kappa shape index (κ1) is 22.0. The van der Waals surface area contributed by atoms with Crippen molar-refractivity contribution in [2.24, 2.45) is 0 Å². The number of aromatic nitrogens is 3. The van der Waals surface area contributed by atoms with Gasteiger partial charge in [-0.3, -0.25) is 4.79 Å². The normalized spacial score (nSPS) is 16.9. The van der Waals surface area contributed by atoms with Crippen LogP contribution in [0.5, 0.6) is 5.75 Å². The monoisotopic (exact) mass is 475 g/mol. The van der Waals surface area contributed by atoms with E-state index in [-0.39, 0.29) is 18.3 Å². The Hall–Kier alpha value is -3.85. The summed E-state index contributed by atoms with van der Waals surface area (Å²) in [6.07, 6.45) is 0. The fraction of sp³-hybridized carbons (Fsp3) is 0.160. The zero-order chi connectivity index (χ0) is 23.5. The number of halogens is 1. The van der Waals surface area contributed by atoms with Gasteiger partial charge < -0.3 is 15.5 Å². The highest BCUT2D eigenvalue weighted by molar-refractivity contribution is 8.00. The van der Waals surface area contributed by atoms with Gasteiger partial charge in [0.15, 0.2) is 5.82 Å². The van der Waals surface area contributed by atoms with Crippen LogP contribution in [0.25, 0.3) is 0 Å². The van der Waals surface area contributed by atoms with Gasteiger partial charge in [-0.2, -0.15) is 0 Å². The van der Waals surface area contributed by atoms with Crippen molar-refractivity contribution in [2.45, 2.75) is 30.0 Å². The first-order valence-electron chi connectivity index (χ1n) is 10.8. The molecule has 5 rings (SSSR count). The fourth-order valence-corrected chi connectivity index (χ4v) is 4.73. The van der Waals surface area contributed by atoms with Gasteiger partial charge in [-0.25, -0.2) is 9.07 Å². The third kappa shape index (κ3) is 4.74. The Morgan fingerprint density at radius 1 is 1.06 bits per heavy atom. The number of para-hydroxylation sites is 1. The highest BCUT2D eigenvalue weighted by atomic mass is 32.2. The predicted molar refractivity (Wildman–Crippen MR) is 129 cm³/mol. The van der Waals surface area contributed by atoms with Crippen LogP contribution in [0.15, 0.2) is 84.0 Å². The van der Waals surface area contributed by atoms with Gasteiger partial charge >= 0.3 is 0 Å². The van der Waals surface area contributed by atoms with E-state index in [2.05, 4.69) is 20.9 Å². The average molecular weight is 476 g/mol. The van der Waals surface area contributed by atoms with Gasteiger partial charge in [0, 0.05) is 5.69 Å². The lowest BCUT2D eigenvalue weighted by atomic mass is 10.0. The topological polar surface area (TPSA) is 81.1 Å². The number of ether oxygens (including phenoxy) is 1. The summed E-state index contributed by atoms with van der Waals surface area (Å²) in [5.41, 5.74) is 5.93. The Morgan fingerprint density at radius 3 is 2.53 bits per heavy atom. The van der Waals surface area contributed by atoms with E-state index >= 15 is 0 Å². The first-order chi connectivity index (χ1) is 16.6. The fourth-order valence-electron chi connectivity index (χ4n) is 3.63. The highest BCUT2D eigenvalue weighted by Gasteiger charge is 2.38. The SMILES string of the molecule is Cc1ccc(NC(=O)[C@H]2Sc3nnc(COc4ccccc4)n3N[C@@H]2c2ccc(F)cc2)cc1. The van der Waals surface area contributed by atoms with Crippen molar-refractivity contribution in [3.63, 3.8) is 0 Å². The summed E-state index contributed by atoms with van der Waals surface area (Å²) in [6.45, 7) is 2.18. The number of rotatable bonds is 6. The van der Waals surface area contributed by atoms with Gasteiger partial charge in [0.25, 0.3) is 0 Å². The van der Waals surface area contributed by atoms with E-state index in [0.29, 0.717) is 22.4 Å². The van der Waals surface area contributed by atoms with Crippen molar-refractivity contribution in [2.75, 3.05) is 10.7 Å². The van der Waals surface area contributed by atoms with Crippen molar-refractivity contribution < 1.29 is 13.9 Å². The predicted octanol–water partition coefficient (Wildman–Crippen LogP) is 4.70. The van der Waals surface area contributed by atoms with E-state index in [1.807, 2.05) is 61.5 Å². The number of nitrogens with one attached hydrogen (secondary N) is 2. The van der Waals surface area contributed by atoms with Crippen molar-refractivity contribution in [3.05, 3.63) is 102 Å². The molecule has 1 aliphatic heterocycles. The second-order valence-corrected chi connectivity index (χ2v) is 9.00. The van der Waals surface area contributed by atoms with Gasteiger partial charge in [-0.05, 0) is 48.9 Å². The Bertz CT molecular complexity index is 1280. The van der Waals surface area contributed by atoms with Crippen molar-refractivity contribution >= 4 is 23.4 Å². The van der Waals surface area contributed by atoms with Crippen LogP contribution < -0.4 is 15.5 Å². The van der Waals surface area contributed by atoms with Crippen LogP contribution >= 0.6 is 11.8 Å². The molecular weight excluding hydrogens is 453 g/mol. The summed E-state index contributed by atoms with van der Waals surface area (Å²) < 4.78 is 21.2.